The van der Waals surface area contributed by atoms with Gasteiger partial charge in [0.1, 0.15) is 19.3 Å². The van der Waals surface area contributed by atoms with Crippen LogP contribution in [0.1, 0.15) is 303 Å². The van der Waals surface area contributed by atoms with Gasteiger partial charge in [0.05, 0.1) is 0 Å². The van der Waals surface area contributed by atoms with Crippen LogP contribution in [0.15, 0.2) is 60.8 Å². The maximum absolute atomic E-state index is 12.7. The largest absolute Gasteiger partial charge is 0.463 e. The van der Waals surface area contributed by atoms with Crippen LogP contribution in [0.2, 0.25) is 0 Å². The first-order valence-corrected chi connectivity index (χ1v) is 29.8. The average Bonchev–Trinajstić information content (AvgIpc) is 3.34. The molecule has 0 radical (unpaired) electrons. The summed E-state index contributed by atoms with van der Waals surface area (Å²) in [5, 5.41) is 0. The van der Waals surface area contributed by atoms with Crippen LogP contribution >= 0.6 is 0 Å². The highest BCUT2D eigenvalue weighted by molar-refractivity contribution is 5.69. The molecular formula is C63H114O5. The first-order valence-electron chi connectivity index (χ1n) is 29.8. The van der Waals surface area contributed by atoms with Crippen molar-refractivity contribution >= 4 is 11.9 Å². The molecule has 0 saturated heterocycles. The Hall–Kier alpha value is -2.40. The molecule has 0 fully saturated rings. The summed E-state index contributed by atoms with van der Waals surface area (Å²) in [7, 11) is 0. The summed E-state index contributed by atoms with van der Waals surface area (Å²) in [6.45, 7) is 7.70. The number of hydrogen-bond acceptors (Lipinski definition) is 5. The van der Waals surface area contributed by atoms with Crippen LogP contribution in [0.25, 0.3) is 0 Å². The topological polar surface area (TPSA) is 61.8 Å². The second-order valence-electron chi connectivity index (χ2n) is 19.9. The number of esters is 2. The summed E-state index contributed by atoms with van der Waals surface area (Å²) in [5.41, 5.74) is 0. The monoisotopic (exact) mass is 951 g/mol. The lowest BCUT2D eigenvalue weighted by atomic mass is 10.0. The molecule has 0 aromatic rings. The number of unbranched alkanes of at least 4 members (excludes halogenated alkanes) is 34. The normalized spacial score (nSPS) is 12.6. The van der Waals surface area contributed by atoms with Gasteiger partial charge in [-0.05, 0) is 89.9 Å². The van der Waals surface area contributed by atoms with Crippen LogP contribution in [-0.4, -0.2) is 37.9 Å². The zero-order valence-corrected chi connectivity index (χ0v) is 45.6. The summed E-state index contributed by atoms with van der Waals surface area (Å²) in [6.07, 6.45) is 75.5. The molecule has 68 heavy (non-hydrogen) atoms. The van der Waals surface area contributed by atoms with E-state index in [2.05, 4.69) is 81.5 Å². The molecule has 0 spiro atoms. The van der Waals surface area contributed by atoms with E-state index in [0.29, 0.717) is 19.4 Å². The average molecular weight is 952 g/mol. The van der Waals surface area contributed by atoms with Crippen LogP contribution in [0, 0.1) is 0 Å². The van der Waals surface area contributed by atoms with E-state index in [1.807, 2.05) is 0 Å². The number of carbonyl (C=O) groups is 2. The van der Waals surface area contributed by atoms with E-state index in [1.54, 1.807) is 0 Å². The summed E-state index contributed by atoms with van der Waals surface area (Å²) in [6, 6.07) is 0. The molecule has 0 N–H and O–H groups in total. The van der Waals surface area contributed by atoms with Gasteiger partial charge in [-0.1, -0.05) is 261 Å². The molecule has 0 heterocycles. The molecule has 0 aliphatic rings. The lowest BCUT2D eigenvalue weighted by molar-refractivity contribution is -0.155. The molecule has 0 aromatic heterocycles. The van der Waals surface area contributed by atoms with Crippen molar-refractivity contribution in [1.29, 1.82) is 0 Å². The number of hydrogen-bond donors (Lipinski definition) is 0. The summed E-state index contributed by atoms with van der Waals surface area (Å²) < 4.78 is 17.5. The second kappa shape index (κ2) is 58.9. The fourth-order valence-corrected chi connectivity index (χ4v) is 8.52. The lowest BCUT2D eigenvalue weighted by Gasteiger charge is -2.18. The molecule has 0 aromatic carbocycles. The first-order chi connectivity index (χ1) is 33.6. The Morgan fingerprint density at radius 1 is 0.309 bits per heavy atom. The van der Waals surface area contributed by atoms with Crippen LogP contribution in [-0.2, 0) is 23.8 Å². The van der Waals surface area contributed by atoms with Crippen LogP contribution < -0.4 is 0 Å². The number of allylic oxidation sites excluding steroid dienone is 10. The van der Waals surface area contributed by atoms with Gasteiger partial charge >= 0.3 is 11.9 Å². The Morgan fingerprint density at radius 2 is 0.559 bits per heavy atom. The maximum Gasteiger partial charge on any atom is 0.305 e. The minimum Gasteiger partial charge on any atom is -0.463 e. The summed E-state index contributed by atoms with van der Waals surface area (Å²) in [4.78, 5) is 25.3. The Balaban J connectivity index is 4.31. The molecular weight excluding hydrogens is 837 g/mol. The van der Waals surface area contributed by atoms with E-state index in [0.717, 1.165) is 70.6 Å². The predicted molar refractivity (Wildman–Crippen MR) is 298 cm³/mol. The van der Waals surface area contributed by atoms with Crippen molar-refractivity contribution in [3.05, 3.63) is 60.8 Å². The van der Waals surface area contributed by atoms with Crippen molar-refractivity contribution in [3.8, 4) is 0 Å². The molecule has 0 rings (SSSR count). The molecule has 0 amide bonds. The molecule has 5 nitrogen and oxygen atoms in total. The SMILES string of the molecule is CCCCC/C=C\C/C=C\C/C=C\C/C=C\CCCCCC(=O)OC[C@H](COC(=O)CCCCCCCCC/C=C\CCCCCCCC)OCCCCCCCCCCCCCCCCCC. The highest BCUT2D eigenvalue weighted by Crippen LogP contribution is 2.16. The van der Waals surface area contributed by atoms with E-state index in [-0.39, 0.29) is 25.2 Å². The molecule has 0 aliphatic heterocycles. The zero-order chi connectivity index (χ0) is 49.2. The van der Waals surface area contributed by atoms with E-state index >= 15 is 0 Å². The quantitative estimate of drug-likeness (QED) is 0.0345. The number of rotatable bonds is 55. The van der Waals surface area contributed by atoms with Crippen molar-refractivity contribution in [1.82, 2.24) is 0 Å². The second-order valence-corrected chi connectivity index (χ2v) is 19.9. The van der Waals surface area contributed by atoms with Gasteiger partial charge in [-0.15, -0.1) is 0 Å². The van der Waals surface area contributed by atoms with E-state index < -0.39 is 6.10 Å². The maximum atomic E-state index is 12.7. The van der Waals surface area contributed by atoms with E-state index in [9.17, 15) is 9.59 Å². The van der Waals surface area contributed by atoms with Crippen LogP contribution in [0.3, 0.4) is 0 Å². The highest BCUT2D eigenvalue weighted by Gasteiger charge is 2.16. The van der Waals surface area contributed by atoms with Gasteiger partial charge in [0, 0.05) is 19.4 Å². The fourth-order valence-electron chi connectivity index (χ4n) is 8.52. The standard InChI is InChI=1S/C63H114O5/c1-4-7-10-13-16-19-22-25-28-31-32-34-36-39-42-45-48-51-54-57-63(65)68-60-61(66-58-55-52-49-46-43-40-37-30-27-24-21-18-15-12-9-6-3)59-67-62(64)56-53-50-47-44-41-38-35-33-29-26-23-20-17-14-11-8-5-2/h16,19,25-26,28-29,32,34,39,42,61H,4-15,17-18,20-24,27,30-31,33,35-38,40-41,43-60H2,1-3H3/b19-16-,28-25-,29-26-,34-32-,42-39-/t61-/m0/s1. The molecule has 0 aliphatic carbocycles. The predicted octanol–water partition coefficient (Wildman–Crippen LogP) is 20.5. The van der Waals surface area contributed by atoms with Crippen molar-refractivity contribution in [3.63, 3.8) is 0 Å². The fraction of sp³-hybridized carbons (Fsp3) is 0.810. The van der Waals surface area contributed by atoms with E-state index in [1.165, 1.54) is 199 Å². The van der Waals surface area contributed by atoms with Crippen LogP contribution in [0.4, 0.5) is 0 Å². The van der Waals surface area contributed by atoms with Crippen molar-refractivity contribution in [2.45, 2.75) is 309 Å². The van der Waals surface area contributed by atoms with Crippen molar-refractivity contribution < 1.29 is 23.8 Å². The van der Waals surface area contributed by atoms with Gasteiger partial charge in [0.2, 0.25) is 0 Å². The minimum absolute atomic E-state index is 0.141. The third kappa shape index (κ3) is 56.2. The Labute approximate surface area is 424 Å². The smallest absolute Gasteiger partial charge is 0.305 e. The van der Waals surface area contributed by atoms with Gasteiger partial charge in [0.15, 0.2) is 0 Å². The third-order valence-corrected chi connectivity index (χ3v) is 13.1. The summed E-state index contributed by atoms with van der Waals surface area (Å²) in [5.74, 6) is -0.362. The summed E-state index contributed by atoms with van der Waals surface area (Å²) >= 11 is 0. The molecule has 0 bridgehead atoms. The van der Waals surface area contributed by atoms with Gasteiger partial charge in [-0.25, -0.2) is 0 Å². The molecule has 5 heteroatoms. The van der Waals surface area contributed by atoms with Gasteiger partial charge in [-0.2, -0.15) is 0 Å². The van der Waals surface area contributed by atoms with Crippen molar-refractivity contribution in [2.75, 3.05) is 19.8 Å². The van der Waals surface area contributed by atoms with Gasteiger partial charge in [-0.3, -0.25) is 9.59 Å². The number of ether oxygens (including phenoxy) is 3. The van der Waals surface area contributed by atoms with Crippen molar-refractivity contribution in [2.24, 2.45) is 0 Å². The lowest BCUT2D eigenvalue weighted by Crippen LogP contribution is -2.29. The zero-order valence-electron chi connectivity index (χ0n) is 45.6. The van der Waals surface area contributed by atoms with Gasteiger partial charge in [0.25, 0.3) is 0 Å². The molecule has 396 valence electrons. The molecule has 0 saturated carbocycles. The molecule has 1 atom stereocenters. The first kappa shape index (κ1) is 65.6. The Morgan fingerprint density at radius 3 is 0.926 bits per heavy atom. The highest BCUT2D eigenvalue weighted by atomic mass is 16.6. The minimum atomic E-state index is -0.415. The van der Waals surface area contributed by atoms with E-state index in [4.69, 9.17) is 14.2 Å². The van der Waals surface area contributed by atoms with Crippen LogP contribution in [0.5, 0.6) is 0 Å². The molecule has 0 unspecified atom stereocenters. The third-order valence-electron chi connectivity index (χ3n) is 13.1. The Bertz CT molecular complexity index is 1170. The number of carbonyl (C=O) groups excluding carboxylic acids is 2. The van der Waals surface area contributed by atoms with Gasteiger partial charge < -0.3 is 14.2 Å². The Kier molecular flexibility index (Phi) is 56.8.